The van der Waals surface area contributed by atoms with Gasteiger partial charge in [-0.1, -0.05) is 20.8 Å². The molecule has 4 aliphatic carbocycles. The number of aliphatic hydroxyl groups is 5. The van der Waals surface area contributed by atoms with Crippen molar-refractivity contribution in [3.8, 4) is 0 Å². The van der Waals surface area contributed by atoms with Crippen LogP contribution in [0.25, 0.3) is 0 Å². The Kier molecular flexibility index (Phi) is 10.9. The molecule has 216 valence electrons. The first kappa shape index (κ1) is 33.2. The Labute approximate surface area is 250 Å². The van der Waals surface area contributed by atoms with Gasteiger partial charge in [-0.05, 0) is 104 Å². The Hall–Kier alpha value is 0.670. The zero-order valence-corrected chi connectivity index (χ0v) is 26.2. The van der Waals surface area contributed by atoms with E-state index >= 15 is 0 Å². The topological polar surface area (TPSA) is 168 Å². The van der Waals surface area contributed by atoms with Gasteiger partial charge in [0.05, 0.1) is 37.6 Å². The molecule has 0 aliphatic heterocycles. The molecule has 13 atom stereocenters. The summed E-state index contributed by atoms with van der Waals surface area (Å²) < 4.78 is 36.5. The quantitative estimate of drug-likeness (QED) is 0.130. The smallest absolute Gasteiger partial charge is 0.726 e. The largest absolute Gasteiger partial charge is 1.00 e. The van der Waals surface area contributed by atoms with E-state index in [1.165, 1.54) is 0 Å². The van der Waals surface area contributed by atoms with Crippen LogP contribution in [0.3, 0.4) is 0 Å². The Morgan fingerprint density at radius 2 is 1.71 bits per heavy atom. The zero-order chi connectivity index (χ0) is 27.3. The van der Waals surface area contributed by atoms with Gasteiger partial charge in [0.1, 0.15) is 0 Å². The molecule has 0 aromatic rings. The summed E-state index contributed by atoms with van der Waals surface area (Å²) in [6.07, 6.45) is 4.42. The van der Waals surface area contributed by atoms with Crippen LogP contribution in [0.1, 0.15) is 78.6 Å². The first-order valence-corrected chi connectivity index (χ1v) is 15.5. The molecular formula is C27H47NaO9S. The molecule has 5 N–H and O–H groups in total. The van der Waals surface area contributed by atoms with E-state index in [1.807, 2.05) is 0 Å². The molecule has 4 aliphatic rings. The van der Waals surface area contributed by atoms with Crippen molar-refractivity contribution in [3.63, 3.8) is 0 Å². The number of aliphatic hydroxyl groups excluding tert-OH is 5. The minimum absolute atomic E-state index is 0. The molecule has 0 bridgehead atoms. The summed E-state index contributed by atoms with van der Waals surface area (Å²) >= 11 is 0. The van der Waals surface area contributed by atoms with E-state index in [4.69, 9.17) is 0 Å². The summed E-state index contributed by atoms with van der Waals surface area (Å²) in [6, 6.07) is 0. The summed E-state index contributed by atoms with van der Waals surface area (Å²) in [5.41, 5.74) is -0.321. The maximum atomic E-state index is 11.7. The van der Waals surface area contributed by atoms with E-state index < -0.39 is 47.8 Å². The van der Waals surface area contributed by atoms with Gasteiger partial charge in [0.15, 0.2) is 0 Å². The SMILES string of the molecule is C[C@H](CC[C@@H](O)[C@@H](CO)COS(=O)(=O)[O-])C1CCC2C3C(C[C@H](O)[C@@]21C)[C@@]1(C)CC[C@@H](O)CC1C[C@H]3O.[Na+]. The van der Waals surface area contributed by atoms with Crippen molar-refractivity contribution in [2.24, 2.45) is 52.3 Å². The maximum absolute atomic E-state index is 11.7. The van der Waals surface area contributed by atoms with Gasteiger partial charge in [-0.25, -0.2) is 8.42 Å². The third kappa shape index (κ3) is 6.21. The van der Waals surface area contributed by atoms with Crippen LogP contribution < -0.4 is 29.6 Å². The minimum atomic E-state index is -4.90. The van der Waals surface area contributed by atoms with Crippen LogP contribution in [-0.4, -0.2) is 76.1 Å². The number of hydrogen-bond acceptors (Lipinski definition) is 9. The predicted octanol–water partition coefficient (Wildman–Crippen LogP) is -1.19. The van der Waals surface area contributed by atoms with Crippen molar-refractivity contribution in [1.29, 1.82) is 0 Å². The van der Waals surface area contributed by atoms with E-state index in [1.54, 1.807) is 0 Å². The Bertz CT molecular complexity index is 905. The average Bonchev–Trinajstić information content (AvgIpc) is 3.17. The van der Waals surface area contributed by atoms with Crippen LogP contribution in [0, 0.1) is 52.3 Å². The van der Waals surface area contributed by atoms with Gasteiger partial charge >= 0.3 is 29.6 Å². The molecule has 38 heavy (non-hydrogen) atoms. The molecule has 5 unspecified atom stereocenters. The molecule has 0 amide bonds. The second kappa shape index (κ2) is 12.5. The van der Waals surface area contributed by atoms with Crippen LogP contribution >= 0.6 is 0 Å². The number of fused-ring (bicyclic) bond motifs is 5. The summed E-state index contributed by atoms with van der Waals surface area (Å²) in [7, 11) is -4.90. The Morgan fingerprint density at radius 1 is 1.03 bits per heavy atom. The molecular weight excluding hydrogens is 523 g/mol. The fraction of sp³-hybridized carbons (Fsp3) is 1.00. The molecule has 0 heterocycles. The van der Waals surface area contributed by atoms with Crippen molar-refractivity contribution in [2.45, 2.75) is 103 Å². The van der Waals surface area contributed by atoms with Crippen LogP contribution in [0.2, 0.25) is 0 Å². The van der Waals surface area contributed by atoms with E-state index in [9.17, 15) is 38.5 Å². The molecule has 0 spiro atoms. The predicted molar refractivity (Wildman–Crippen MR) is 135 cm³/mol. The molecule has 4 rings (SSSR count). The van der Waals surface area contributed by atoms with Gasteiger partial charge in [-0.2, -0.15) is 0 Å². The van der Waals surface area contributed by atoms with Gasteiger partial charge in [0.2, 0.25) is 10.4 Å². The molecule has 0 aromatic heterocycles. The molecule has 11 heteroatoms. The van der Waals surface area contributed by atoms with Gasteiger partial charge in [0, 0.05) is 5.92 Å². The van der Waals surface area contributed by atoms with E-state index in [-0.39, 0.29) is 82.0 Å². The monoisotopic (exact) mass is 570 g/mol. The molecule has 4 saturated carbocycles. The van der Waals surface area contributed by atoms with Gasteiger partial charge in [-0.3, -0.25) is 4.18 Å². The summed E-state index contributed by atoms with van der Waals surface area (Å²) in [5.74, 6) is 0.355. The molecule has 0 saturated heterocycles. The van der Waals surface area contributed by atoms with Gasteiger partial charge in [0.25, 0.3) is 0 Å². The van der Waals surface area contributed by atoms with Crippen molar-refractivity contribution in [2.75, 3.05) is 13.2 Å². The van der Waals surface area contributed by atoms with Crippen molar-refractivity contribution < 1.29 is 72.2 Å². The van der Waals surface area contributed by atoms with Crippen molar-refractivity contribution in [3.05, 3.63) is 0 Å². The zero-order valence-electron chi connectivity index (χ0n) is 23.4. The van der Waals surface area contributed by atoms with Crippen LogP contribution in [-0.2, 0) is 14.6 Å². The fourth-order valence-electron chi connectivity index (χ4n) is 9.46. The van der Waals surface area contributed by atoms with Crippen LogP contribution in [0.15, 0.2) is 0 Å². The summed E-state index contributed by atoms with van der Waals surface area (Å²) in [6.45, 7) is 5.56. The summed E-state index contributed by atoms with van der Waals surface area (Å²) in [5, 5.41) is 53.4. The van der Waals surface area contributed by atoms with E-state index in [0.717, 1.165) is 32.1 Å². The van der Waals surface area contributed by atoms with Crippen molar-refractivity contribution >= 4 is 10.4 Å². The molecule has 0 aromatic carbocycles. The van der Waals surface area contributed by atoms with Crippen LogP contribution in [0.5, 0.6) is 0 Å². The van der Waals surface area contributed by atoms with Gasteiger partial charge in [-0.15, -0.1) is 0 Å². The number of rotatable bonds is 9. The molecule has 9 nitrogen and oxygen atoms in total. The maximum Gasteiger partial charge on any atom is 1.00 e. The van der Waals surface area contributed by atoms with E-state index in [2.05, 4.69) is 25.0 Å². The third-order valence-corrected chi connectivity index (χ3v) is 12.1. The summed E-state index contributed by atoms with van der Waals surface area (Å²) in [4.78, 5) is 0. The Morgan fingerprint density at radius 3 is 2.34 bits per heavy atom. The second-order valence-corrected chi connectivity index (χ2v) is 14.3. The fourth-order valence-corrected chi connectivity index (χ4v) is 9.80. The van der Waals surface area contributed by atoms with Crippen LogP contribution in [0.4, 0.5) is 0 Å². The second-order valence-electron chi connectivity index (χ2n) is 13.3. The first-order chi connectivity index (χ1) is 17.2. The van der Waals surface area contributed by atoms with E-state index in [0.29, 0.717) is 25.7 Å². The normalized spacial score (nSPS) is 45.2. The number of hydrogen-bond donors (Lipinski definition) is 5. The first-order valence-electron chi connectivity index (χ1n) is 14.2. The Balaban J connectivity index is 0.00000400. The average molecular weight is 571 g/mol. The van der Waals surface area contributed by atoms with Crippen molar-refractivity contribution in [1.82, 2.24) is 0 Å². The van der Waals surface area contributed by atoms with Gasteiger partial charge < -0.3 is 30.1 Å². The minimum Gasteiger partial charge on any atom is -0.726 e. The third-order valence-electron chi connectivity index (χ3n) is 11.6. The standard InChI is InChI=1S/C27H48O9S.Na/c1-15(4-7-22(30)16(13-28)14-36-37(33,34)35)19-5-6-20-25-21(12-24(32)27(19,20)3)26(2)9-8-18(29)10-17(26)11-23(25)31;/h15-25,28-32H,4-14H2,1-3H3,(H,33,34,35);/q;+1/p-1/t15-,16+,17?,18-,19?,20?,21?,22-,23-,24+,25?,26+,27-;/m1./s1. The molecule has 0 radical (unpaired) electrons. The molecule has 4 fully saturated rings.